The van der Waals surface area contributed by atoms with Crippen LogP contribution in [-0.2, 0) is 6.54 Å². The Morgan fingerprint density at radius 3 is 2.36 bits per heavy atom. The maximum atomic E-state index is 12.7. The predicted octanol–water partition coefficient (Wildman–Crippen LogP) is 4.28. The third-order valence-corrected chi connectivity index (χ3v) is 5.81. The number of amides is 2. The molecule has 33 heavy (non-hydrogen) atoms. The minimum Gasteiger partial charge on any atom is -0.299 e. The fourth-order valence-electron chi connectivity index (χ4n) is 4.19. The molecule has 0 spiro atoms. The molecule has 0 radical (unpaired) electrons. The predicted molar refractivity (Wildman–Crippen MR) is 123 cm³/mol. The molecule has 5 aromatic rings. The molecular weight excluding hydrogens is 414 g/mol. The largest absolute Gasteiger partial charge is 0.299 e. The summed E-state index contributed by atoms with van der Waals surface area (Å²) in [7, 11) is 0. The summed E-state index contributed by atoms with van der Waals surface area (Å²) in [6.07, 6.45) is 6.82. The Balaban J connectivity index is 1.31. The Bertz CT molecular complexity index is 1510. The highest BCUT2D eigenvalue weighted by Gasteiger charge is 2.35. The van der Waals surface area contributed by atoms with Gasteiger partial charge in [-0.1, -0.05) is 30.3 Å². The highest BCUT2D eigenvalue weighted by Crippen LogP contribution is 2.27. The van der Waals surface area contributed by atoms with Crippen molar-refractivity contribution in [3.8, 4) is 16.9 Å². The Labute approximate surface area is 189 Å². The summed E-state index contributed by atoms with van der Waals surface area (Å²) in [5, 5.41) is 0. The van der Waals surface area contributed by atoms with E-state index in [0.29, 0.717) is 11.1 Å². The molecule has 0 atom stereocenters. The van der Waals surface area contributed by atoms with E-state index >= 15 is 0 Å². The molecule has 7 nitrogen and oxygen atoms in total. The van der Waals surface area contributed by atoms with Crippen molar-refractivity contribution < 1.29 is 9.59 Å². The Morgan fingerprint density at radius 2 is 1.61 bits per heavy atom. The minimum absolute atomic E-state index is 0.206. The van der Waals surface area contributed by atoms with Crippen molar-refractivity contribution in [1.82, 2.24) is 24.4 Å². The first-order valence-corrected chi connectivity index (χ1v) is 10.5. The summed E-state index contributed by atoms with van der Waals surface area (Å²) in [5.41, 5.74) is 6.18. The van der Waals surface area contributed by atoms with Crippen molar-refractivity contribution in [1.29, 1.82) is 0 Å². The van der Waals surface area contributed by atoms with Gasteiger partial charge in [0.25, 0.3) is 11.8 Å². The standard InChI is InChI=1S/C26H17N5O2/c32-25-20-6-1-2-7-21(20)26(33)30(25)15-17-8-9-24-22(12-17)29-16-31(24)19-5-3-4-18(13-19)23-14-27-10-11-28-23/h1-14,16H,15H2. The van der Waals surface area contributed by atoms with Crippen LogP contribution in [0, 0.1) is 0 Å². The van der Waals surface area contributed by atoms with E-state index in [1.165, 1.54) is 4.90 Å². The van der Waals surface area contributed by atoms with Gasteiger partial charge in [-0.2, -0.15) is 0 Å². The second-order valence-electron chi connectivity index (χ2n) is 7.82. The normalized spacial score (nSPS) is 13.0. The van der Waals surface area contributed by atoms with E-state index in [1.54, 1.807) is 49.2 Å². The summed E-state index contributed by atoms with van der Waals surface area (Å²) in [6, 6.07) is 20.7. The molecule has 2 amide bonds. The van der Waals surface area contributed by atoms with Gasteiger partial charge in [0.1, 0.15) is 6.33 Å². The molecule has 0 N–H and O–H groups in total. The summed E-state index contributed by atoms with van der Waals surface area (Å²) < 4.78 is 2.00. The minimum atomic E-state index is -0.262. The van der Waals surface area contributed by atoms with Crippen molar-refractivity contribution >= 4 is 22.8 Å². The van der Waals surface area contributed by atoms with Crippen LogP contribution in [0.1, 0.15) is 26.3 Å². The second kappa shape index (κ2) is 7.49. The monoisotopic (exact) mass is 431 g/mol. The summed E-state index contributed by atoms with van der Waals surface area (Å²) in [5.74, 6) is -0.524. The maximum Gasteiger partial charge on any atom is 0.261 e. The molecule has 0 saturated heterocycles. The van der Waals surface area contributed by atoms with Crippen molar-refractivity contribution in [2.45, 2.75) is 6.54 Å². The number of hydrogen-bond acceptors (Lipinski definition) is 5. The first-order chi connectivity index (χ1) is 16.2. The first-order valence-electron chi connectivity index (χ1n) is 10.5. The highest BCUT2D eigenvalue weighted by molar-refractivity contribution is 6.21. The number of aromatic nitrogens is 4. The second-order valence-corrected chi connectivity index (χ2v) is 7.82. The van der Waals surface area contributed by atoms with E-state index in [0.717, 1.165) is 33.5 Å². The van der Waals surface area contributed by atoms with Gasteiger partial charge in [0.2, 0.25) is 0 Å². The third kappa shape index (κ3) is 3.18. The molecule has 0 unspecified atom stereocenters. The van der Waals surface area contributed by atoms with Gasteiger partial charge in [-0.15, -0.1) is 0 Å². The van der Waals surface area contributed by atoms with E-state index in [1.807, 2.05) is 47.0 Å². The van der Waals surface area contributed by atoms with Crippen LogP contribution in [0.15, 0.2) is 91.6 Å². The Morgan fingerprint density at radius 1 is 0.788 bits per heavy atom. The first kappa shape index (κ1) is 19.1. The summed E-state index contributed by atoms with van der Waals surface area (Å²) in [4.78, 5) is 39.7. The van der Waals surface area contributed by atoms with Gasteiger partial charge in [0.05, 0.1) is 40.6 Å². The van der Waals surface area contributed by atoms with E-state index in [9.17, 15) is 9.59 Å². The Hall–Kier alpha value is -4.65. The number of hydrogen-bond donors (Lipinski definition) is 0. The highest BCUT2D eigenvalue weighted by atomic mass is 16.2. The van der Waals surface area contributed by atoms with Gasteiger partial charge in [-0.3, -0.25) is 29.0 Å². The number of carbonyl (C=O) groups excluding carboxylic acids is 2. The molecule has 3 aromatic carbocycles. The van der Waals surface area contributed by atoms with Crippen LogP contribution >= 0.6 is 0 Å². The fraction of sp³-hybridized carbons (Fsp3) is 0.0385. The fourth-order valence-corrected chi connectivity index (χ4v) is 4.19. The molecule has 0 saturated carbocycles. The number of imide groups is 1. The van der Waals surface area contributed by atoms with E-state index < -0.39 is 0 Å². The zero-order valence-electron chi connectivity index (χ0n) is 17.4. The lowest BCUT2D eigenvalue weighted by molar-refractivity contribution is 0.0642. The molecule has 6 rings (SSSR count). The van der Waals surface area contributed by atoms with Crippen LogP contribution in [0.4, 0.5) is 0 Å². The lowest BCUT2D eigenvalue weighted by atomic mass is 10.1. The average molecular weight is 431 g/mol. The molecule has 7 heteroatoms. The molecule has 1 aliphatic rings. The van der Waals surface area contributed by atoms with Crippen molar-refractivity contribution in [2.24, 2.45) is 0 Å². The third-order valence-electron chi connectivity index (χ3n) is 5.81. The molecule has 0 fully saturated rings. The van der Waals surface area contributed by atoms with Crippen LogP contribution in [0.2, 0.25) is 0 Å². The van der Waals surface area contributed by atoms with Gasteiger partial charge in [0.15, 0.2) is 0 Å². The SMILES string of the molecule is O=C1c2ccccc2C(=O)N1Cc1ccc2c(c1)ncn2-c1cccc(-c2cnccn2)c1. The zero-order valence-corrected chi connectivity index (χ0v) is 17.4. The molecule has 3 heterocycles. The van der Waals surface area contributed by atoms with E-state index in [4.69, 9.17) is 0 Å². The smallest absolute Gasteiger partial charge is 0.261 e. The van der Waals surface area contributed by atoms with E-state index in [2.05, 4.69) is 15.0 Å². The molecule has 1 aliphatic heterocycles. The van der Waals surface area contributed by atoms with Crippen molar-refractivity contribution in [3.05, 3.63) is 108 Å². The molecule has 0 aliphatic carbocycles. The van der Waals surface area contributed by atoms with Crippen LogP contribution in [0.5, 0.6) is 0 Å². The molecule has 0 bridgehead atoms. The lowest BCUT2D eigenvalue weighted by Gasteiger charge is -2.14. The quantitative estimate of drug-likeness (QED) is 0.397. The number of rotatable bonds is 4. The van der Waals surface area contributed by atoms with Gasteiger partial charge >= 0.3 is 0 Å². The number of benzene rings is 3. The Kier molecular flexibility index (Phi) is 4.33. The van der Waals surface area contributed by atoms with Gasteiger partial charge in [0, 0.05) is 23.6 Å². The van der Waals surface area contributed by atoms with Gasteiger partial charge in [-0.05, 0) is 42.0 Å². The van der Waals surface area contributed by atoms with E-state index in [-0.39, 0.29) is 18.4 Å². The van der Waals surface area contributed by atoms with Crippen molar-refractivity contribution in [2.75, 3.05) is 0 Å². The number of imidazole rings is 1. The topological polar surface area (TPSA) is 81.0 Å². The van der Waals surface area contributed by atoms with Crippen LogP contribution in [0.25, 0.3) is 28.0 Å². The van der Waals surface area contributed by atoms with Gasteiger partial charge in [-0.25, -0.2) is 4.98 Å². The number of nitrogens with zero attached hydrogens (tertiary/aromatic N) is 5. The summed E-state index contributed by atoms with van der Waals surface area (Å²) >= 11 is 0. The lowest BCUT2D eigenvalue weighted by Crippen LogP contribution is -2.29. The van der Waals surface area contributed by atoms with Gasteiger partial charge < -0.3 is 0 Å². The maximum absolute atomic E-state index is 12.7. The van der Waals surface area contributed by atoms with Crippen LogP contribution in [-0.4, -0.2) is 36.2 Å². The van der Waals surface area contributed by atoms with Crippen LogP contribution < -0.4 is 0 Å². The van der Waals surface area contributed by atoms with Crippen LogP contribution in [0.3, 0.4) is 0 Å². The molecular formula is C26H17N5O2. The molecule has 2 aromatic heterocycles. The van der Waals surface area contributed by atoms with Crippen molar-refractivity contribution in [3.63, 3.8) is 0 Å². The molecule has 158 valence electrons. The number of fused-ring (bicyclic) bond motifs is 2. The zero-order chi connectivity index (χ0) is 22.4. The number of carbonyl (C=O) groups is 2. The summed E-state index contributed by atoms with van der Waals surface area (Å²) in [6.45, 7) is 0.206. The average Bonchev–Trinajstić information content (AvgIpc) is 3.40.